The average Bonchev–Trinajstić information content (AvgIpc) is 2.78. The second-order valence-electron chi connectivity index (χ2n) is 5.06. The first-order chi connectivity index (χ1) is 9.09. The van der Waals surface area contributed by atoms with Gasteiger partial charge in [-0.2, -0.15) is 0 Å². The number of carbonyl (C=O) groups is 1. The van der Waals surface area contributed by atoms with Crippen LogP contribution in [0.5, 0.6) is 0 Å². The molecule has 3 heteroatoms. The number of aromatic nitrogens is 1. The molecule has 1 unspecified atom stereocenters. The Morgan fingerprint density at radius 1 is 1.47 bits per heavy atom. The van der Waals surface area contributed by atoms with Gasteiger partial charge in [-0.3, -0.25) is 4.98 Å². The van der Waals surface area contributed by atoms with E-state index in [0.29, 0.717) is 18.1 Å². The molecule has 0 fully saturated rings. The van der Waals surface area contributed by atoms with Crippen molar-refractivity contribution in [3.05, 3.63) is 53.4 Å². The lowest BCUT2D eigenvalue weighted by atomic mass is 9.94. The van der Waals surface area contributed by atoms with Crippen molar-refractivity contribution in [1.29, 1.82) is 0 Å². The maximum Gasteiger partial charge on any atom is 0.338 e. The first kappa shape index (κ1) is 13.5. The summed E-state index contributed by atoms with van der Waals surface area (Å²) in [5.41, 5.74) is 4.23. The van der Waals surface area contributed by atoms with Crippen molar-refractivity contribution in [1.82, 2.24) is 4.98 Å². The highest BCUT2D eigenvalue weighted by Gasteiger charge is 2.24. The Hall–Kier alpha value is -1.90. The van der Waals surface area contributed by atoms with Gasteiger partial charge in [0.15, 0.2) is 0 Å². The Morgan fingerprint density at radius 3 is 2.79 bits per heavy atom. The molecular formula is C16H19NO2. The summed E-state index contributed by atoms with van der Waals surface area (Å²) >= 11 is 0. The summed E-state index contributed by atoms with van der Waals surface area (Å²) in [4.78, 5) is 15.8. The molecule has 0 aliphatic heterocycles. The molecule has 0 spiro atoms. The van der Waals surface area contributed by atoms with Gasteiger partial charge >= 0.3 is 5.97 Å². The van der Waals surface area contributed by atoms with Crippen molar-refractivity contribution in [2.45, 2.75) is 26.7 Å². The SMILES string of the molecule is C=C(C)C1CCC(C)=C1COC(=O)c1ccncc1. The monoisotopic (exact) mass is 257 g/mol. The lowest BCUT2D eigenvalue weighted by Crippen LogP contribution is -2.12. The molecule has 19 heavy (non-hydrogen) atoms. The molecule has 0 aromatic carbocycles. The van der Waals surface area contributed by atoms with Crippen molar-refractivity contribution < 1.29 is 9.53 Å². The molecule has 1 aromatic rings. The zero-order chi connectivity index (χ0) is 13.8. The number of hydrogen-bond donors (Lipinski definition) is 0. The lowest BCUT2D eigenvalue weighted by Gasteiger charge is -2.15. The fourth-order valence-electron chi connectivity index (χ4n) is 2.48. The van der Waals surface area contributed by atoms with Crippen LogP contribution >= 0.6 is 0 Å². The van der Waals surface area contributed by atoms with Crippen LogP contribution in [0.4, 0.5) is 0 Å². The predicted octanol–water partition coefficient (Wildman–Crippen LogP) is 3.54. The molecule has 0 amide bonds. The number of hydrogen-bond acceptors (Lipinski definition) is 3. The molecule has 1 atom stereocenters. The molecule has 1 heterocycles. The second kappa shape index (κ2) is 5.83. The molecule has 100 valence electrons. The standard InChI is InChI=1S/C16H19NO2/c1-11(2)14-5-4-12(3)15(14)10-19-16(18)13-6-8-17-9-7-13/h6-9,14H,1,4-5,10H2,2-3H3. The fourth-order valence-corrected chi connectivity index (χ4v) is 2.48. The van der Waals surface area contributed by atoms with Gasteiger partial charge in [0.1, 0.15) is 6.61 Å². The highest BCUT2D eigenvalue weighted by molar-refractivity contribution is 5.89. The summed E-state index contributed by atoms with van der Waals surface area (Å²) in [6.45, 7) is 8.54. The number of esters is 1. The van der Waals surface area contributed by atoms with Crippen molar-refractivity contribution in [2.75, 3.05) is 6.61 Å². The molecule has 3 nitrogen and oxygen atoms in total. The Kier molecular flexibility index (Phi) is 4.15. The number of ether oxygens (including phenoxy) is 1. The summed E-state index contributed by atoms with van der Waals surface area (Å²) < 4.78 is 5.40. The average molecular weight is 257 g/mol. The highest BCUT2D eigenvalue weighted by atomic mass is 16.5. The Balaban J connectivity index is 2.01. The Morgan fingerprint density at radius 2 is 2.16 bits per heavy atom. The van der Waals surface area contributed by atoms with Gasteiger partial charge in [-0.15, -0.1) is 0 Å². The summed E-state index contributed by atoms with van der Waals surface area (Å²) in [6, 6.07) is 3.32. The second-order valence-corrected chi connectivity index (χ2v) is 5.06. The number of carbonyl (C=O) groups excluding carboxylic acids is 1. The van der Waals surface area contributed by atoms with Crippen LogP contribution in [0, 0.1) is 5.92 Å². The third-order valence-corrected chi connectivity index (χ3v) is 3.65. The van der Waals surface area contributed by atoms with Crippen molar-refractivity contribution >= 4 is 5.97 Å². The van der Waals surface area contributed by atoms with Gasteiger partial charge in [-0.1, -0.05) is 17.7 Å². The van der Waals surface area contributed by atoms with Crippen molar-refractivity contribution in [3.8, 4) is 0 Å². The number of allylic oxidation sites excluding steroid dienone is 2. The molecule has 0 radical (unpaired) electrons. The molecule has 1 aromatic heterocycles. The van der Waals surface area contributed by atoms with E-state index in [2.05, 4.69) is 18.5 Å². The van der Waals surface area contributed by atoms with Crippen LogP contribution in [-0.2, 0) is 4.74 Å². The summed E-state index contributed by atoms with van der Waals surface area (Å²) in [5, 5.41) is 0. The summed E-state index contributed by atoms with van der Waals surface area (Å²) in [7, 11) is 0. The van der Waals surface area contributed by atoms with Crippen molar-refractivity contribution in [3.63, 3.8) is 0 Å². The maximum atomic E-state index is 11.9. The van der Waals surface area contributed by atoms with Crippen LogP contribution in [0.3, 0.4) is 0 Å². The van der Waals surface area contributed by atoms with E-state index in [9.17, 15) is 4.79 Å². The van der Waals surface area contributed by atoms with Crippen LogP contribution in [0.15, 0.2) is 47.8 Å². The van der Waals surface area contributed by atoms with Crippen LogP contribution in [0.25, 0.3) is 0 Å². The predicted molar refractivity (Wildman–Crippen MR) is 74.8 cm³/mol. The quantitative estimate of drug-likeness (QED) is 0.611. The minimum absolute atomic E-state index is 0.296. The van der Waals surface area contributed by atoms with Gasteiger partial charge in [0.2, 0.25) is 0 Å². The first-order valence-electron chi connectivity index (χ1n) is 6.50. The van der Waals surface area contributed by atoms with Crippen LogP contribution in [-0.4, -0.2) is 17.6 Å². The zero-order valence-electron chi connectivity index (χ0n) is 11.5. The number of rotatable bonds is 4. The summed E-state index contributed by atoms with van der Waals surface area (Å²) in [5.74, 6) is 0.0697. The minimum Gasteiger partial charge on any atom is -0.458 e. The van der Waals surface area contributed by atoms with E-state index >= 15 is 0 Å². The minimum atomic E-state index is -0.296. The zero-order valence-corrected chi connectivity index (χ0v) is 11.5. The smallest absolute Gasteiger partial charge is 0.338 e. The van der Waals surface area contributed by atoms with Gasteiger partial charge in [0.25, 0.3) is 0 Å². The molecule has 0 saturated carbocycles. The molecule has 0 saturated heterocycles. The van der Waals surface area contributed by atoms with Crippen LogP contribution < -0.4 is 0 Å². The van der Waals surface area contributed by atoms with E-state index in [-0.39, 0.29) is 5.97 Å². The van der Waals surface area contributed by atoms with E-state index < -0.39 is 0 Å². The van der Waals surface area contributed by atoms with Gasteiger partial charge in [-0.05, 0) is 44.4 Å². The van der Waals surface area contributed by atoms with Gasteiger partial charge in [-0.25, -0.2) is 4.79 Å². The van der Waals surface area contributed by atoms with E-state index in [4.69, 9.17) is 4.74 Å². The van der Waals surface area contributed by atoms with Gasteiger partial charge < -0.3 is 4.74 Å². The molecular weight excluding hydrogens is 238 g/mol. The third kappa shape index (κ3) is 3.11. The van der Waals surface area contributed by atoms with Crippen LogP contribution in [0.2, 0.25) is 0 Å². The topological polar surface area (TPSA) is 39.2 Å². The van der Waals surface area contributed by atoms with E-state index in [1.165, 1.54) is 11.1 Å². The number of pyridine rings is 1. The molecule has 1 aliphatic carbocycles. The molecule has 0 N–H and O–H groups in total. The Bertz CT molecular complexity index is 517. The van der Waals surface area contributed by atoms with Crippen LogP contribution in [0.1, 0.15) is 37.0 Å². The van der Waals surface area contributed by atoms with Gasteiger partial charge in [0.05, 0.1) is 5.56 Å². The maximum absolute atomic E-state index is 11.9. The highest BCUT2D eigenvalue weighted by Crippen LogP contribution is 2.36. The van der Waals surface area contributed by atoms with E-state index in [1.54, 1.807) is 24.5 Å². The normalized spacial score (nSPS) is 18.5. The molecule has 0 bridgehead atoms. The Labute approximate surface area is 114 Å². The summed E-state index contributed by atoms with van der Waals surface area (Å²) in [6.07, 6.45) is 5.34. The third-order valence-electron chi connectivity index (χ3n) is 3.65. The fraction of sp³-hybridized carbons (Fsp3) is 0.375. The largest absolute Gasteiger partial charge is 0.458 e. The lowest BCUT2D eigenvalue weighted by molar-refractivity contribution is 0.0534. The number of nitrogens with zero attached hydrogens (tertiary/aromatic N) is 1. The van der Waals surface area contributed by atoms with E-state index in [1.807, 2.05) is 6.92 Å². The molecule has 1 aliphatic rings. The molecule has 2 rings (SSSR count). The van der Waals surface area contributed by atoms with Crippen molar-refractivity contribution in [2.24, 2.45) is 5.92 Å². The first-order valence-corrected chi connectivity index (χ1v) is 6.50. The van der Waals surface area contributed by atoms with E-state index in [0.717, 1.165) is 18.4 Å². The van der Waals surface area contributed by atoms with Gasteiger partial charge in [0, 0.05) is 18.3 Å².